The molecule has 8 heteroatoms. The monoisotopic (exact) mass is 433 g/mol. The number of nitrogens with one attached hydrogen (secondary N) is 1. The molecule has 0 aliphatic rings. The van der Waals surface area contributed by atoms with E-state index in [9.17, 15) is 9.59 Å². The fraction of sp³-hybridized carbons (Fsp3) is 0.217. The van der Waals surface area contributed by atoms with Crippen molar-refractivity contribution < 1.29 is 4.79 Å². The molecule has 0 fully saturated rings. The Morgan fingerprint density at radius 3 is 2.68 bits per heavy atom. The molecule has 0 unspecified atom stereocenters. The molecule has 0 bridgehead atoms. The number of carbonyl (C=O) groups is 1. The van der Waals surface area contributed by atoms with E-state index in [1.807, 2.05) is 46.9 Å². The third-order valence-electron chi connectivity index (χ3n) is 4.98. The molecule has 0 aliphatic carbocycles. The van der Waals surface area contributed by atoms with E-state index in [1.54, 1.807) is 12.1 Å². The van der Waals surface area contributed by atoms with Gasteiger partial charge in [-0.15, -0.1) is 16.8 Å². The maximum Gasteiger partial charge on any atom is 0.263 e. The number of hydrogen-bond acceptors (Lipinski definition) is 5. The first-order valence-electron chi connectivity index (χ1n) is 10.0. The number of anilines is 1. The first kappa shape index (κ1) is 20.9. The predicted octanol–water partition coefficient (Wildman–Crippen LogP) is 4.08. The summed E-state index contributed by atoms with van der Waals surface area (Å²) in [6, 6.07) is 15.1. The third kappa shape index (κ3) is 3.98. The van der Waals surface area contributed by atoms with Gasteiger partial charge in [-0.3, -0.25) is 18.6 Å². The molecule has 2 aromatic heterocycles. The molecule has 0 spiro atoms. The number of para-hydroxylation sites is 2. The van der Waals surface area contributed by atoms with Crippen molar-refractivity contribution in [1.29, 1.82) is 0 Å². The molecule has 0 aliphatic heterocycles. The van der Waals surface area contributed by atoms with Gasteiger partial charge in [0.2, 0.25) is 11.7 Å². The quantitative estimate of drug-likeness (QED) is 0.351. The zero-order valence-electron chi connectivity index (χ0n) is 17.4. The molecule has 7 nitrogen and oxygen atoms in total. The second kappa shape index (κ2) is 8.77. The Kier molecular flexibility index (Phi) is 5.90. The van der Waals surface area contributed by atoms with Crippen molar-refractivity contribution in [1.82, 2.24) is 19.2 Å². The van der Waals surface area contributed by atoms with Crippen LogP contribution in [0.3, 0.4) is 0 Å². The minimum absolute atomic E-state index is 0.126. The molecule has 1 amide bonds. The van der Waals surface area contributed by atoms with Crippen molar-refractivity contribution >= 4 is 40.0 Å². The summed E-state index contributed by atoms with van der Waals surface area (Å²) < 4.78 is 3.35. The lowest BCUT2D eigenvalue weighted by Gasteiger charge is -2.13. The summed E-state index contributed by atoms with van der Waals surface area (Å²) in [7, 11) is 0. The molecule has 4 rings (SSSR count). The second-order valence-corrected chi connectivity index (χ2v) is 8.36. The van der Waals surface area contributed by atoms with Crippen LogP contribution in [0.15, 0.2) is 71.1 Å². The van der Waals surface area contributed by atoms with Crippen LogP contribution in [0.2, 0.25) is 0 Å². The maximum atomic E-state index is 12.9. The van der Waals surface area contributed by atoms with E-state index in [2.05, 4.69) is 35.9 Å². The van der Waals surface area contributed by atoms with E-state index in [4.69, 9.17) is 0 Å². The highest BCUT2D eigenvalue weighted by atomic mass is 32.2. The zero-order valence-corrected chi connectivity index (χ0v) is 18.2. The number of hydrogen-bond donors (Lipinski definition) is 1. The lowest BCUT2D eigenvalue weighted by atomic mass is 10.0. The van der Waals surface area contributed by atoms with Crippen molar-refractivity contribution in [3.8, 4) is 0 Å². The SMILES string of the molecule is C=CCn1c(=O)c2ccccc2n2c(SCC(=O)Nc3ccccc3C(C)C)nnc12. The zero-order chi connectivity index (χ0) is 22.0. The second-order valence-electron chi connectivity index (χ2n) is 7.42. The minimum atomic E-state index is -0.144. The molecule has 0 atom stereocenters. The summed E-state index contributed by atoms with van der Waals surface area (Å²) in [6.45, 7) is 8.24. The van der Waals surface area contributed by atoms with Gasteiger partial charge < -0.3 is 5.32 Å². The number of benzene rings is 2. The van der Waals surface area contributed by atoms with E-state index in [1.165, 1.54) is 16.3 Å². The Bertz CT molecular complexity index is 1340. The molecule has 0 saturated carbocycles. The van der Waals surface area contributed by atoms with Gasteiger partial charge in [0.25, 0.3) is 5.56 Å². The third-order valence-corrected chi connectivity index (χ3v) is 5.91. The van der Waals surface area contributed by atoms with Gasteiger partial charge in [0.1, 0.15) is 0 Å². The van der Waals surface area contributed by atoms with Crippen LogP contribution in [-0.4, -0.2) is 30.8 Å². The van der Waals surface area contributed by atoms with Crippen LogP contribution in [0.5, 0.6) is 0 Å². The highest BCUT2D eigenvalue weighted by molar-refractivity contribution is 7.99. The number of allylic oxidation sites excluding steroid dienone is 1. The van der Waals surface area contributed by atoms with Crippen LogP contribution in [0.25, 0.3) is 16.7 Å². The fourth-order valence-electron chi connectivity index (χ4n) is 3.55. The Balaban J connectivity index is 1.65. The van der Waals surface area contributed by atoms with Crippen LogP contribution in [0.4, 0.5) is 5.69 Å². The van der Waals surface area contributed by atoms with Crippen molar-refractivity contribution in [2.45, 2.75) is 31.5 Å². The number of thioether (sulfide) groups is 1. The van der Waals surface area contributed by atoms with Crippen LogP contribution < -0.4 is 10.9 Å². The number of nitrogens with zero attached hydrogens (tertiary/aromatic N) is 4. The molecule has 0 radical (unpaired) electrons. The molecule has 2 heterocycles. The summed E-state index contributed by atoms with van der Waals surface area (Å²) in [5.74, 6) is 0.773. The fourth-order valence-corrected chi connectivity index (χ4v) is 4.29. The molecule has 158 valence electrons. The van der Waals surface area contributed by atoms with Gasteiger partial charge in [-0.25, -0.2) is 0 Å². The van der Waals surface area contributed by atoms with Crippen LogP contribution in [0, 0.1) is 0 Å². The number of fused-ring (bicyclic) bond motifs is 3. The number of amides is 1. The van der Waals surface area contributed by atoms with Gasteiger partial charge in [-0.1, -0.05) is 62.0 Å². The van der Waals surface area contributed by atoms with Crippen molar-refractivity contribution in [3.05, 3.63) is 77.1 Å². The number of carbonyl (C=O) groups excluding carboxylic acids is 1. The molecule has 31 heavy (non-hydrogen) atoms. The molecular formula is C23H23N5O2S. The highest BCUT2D eigenvalue weighted by Crippen LogP contribution is 2.25. The van der Waals surface area contributed by atoms with Crippen molar-refractivity contribution in [3.63, 3.8) is 0 Å². The van der Waals surface area contributed by atoms with E-state index in [-0.39, 0.29) is 17.2 Å². The average molecular weight is 434 g/mol. The van der Waals surface area contributed by atoms with Gasteiger partial charge in [0.05, 0.1) is 16.7 Å². The van der Waals surface area contributed by atoms with Gasteiger partial charge >= 0.3 is 0 Å². The van der Waals surface area contributed by atoms with E-state index >= 15 is 0 Å². The van der Waals surface area contributed by atoms with Gasteiger partial charge in [-0.05, 0) is 29.7 Å². The van der Waals surface area contributed by atoms with E-state index in [0.717, 1.165) is 11.3 Å². The Morgan fingerprint density at radius 1 is 1.16 bits per heavy atom. The summed E-state index contributed by atoms with van der Waals surface area (Å²) in [6.07, 6.45) is 1.65. The number of rotatable bonds is 7. The van der Waals surface area contributed by atoms with Gasteiger partial charge in [0.15, 0.2) is 5.16 Å². The van der Waals surface area contributed by atoms with Crippen molar-refractivity contribution in [2.24, 2.45) is 0 Å². The largest absolute Gasteiger partial charge is 0.325 e. The normalized spacial score (nSPS) is 11.3. The predicted molar refractivity (Wildman–Crippen MR) is 125 cm³/mol. The molecule has 0 saturated heterocycles. The Hall–Kier alpha value is -3.39. The molecule has 1 N–H and O–H groups in total. The van der Waals surface area contributed by atoms with E-state index < -0.39 is 0 Å². The minimum Gasteiger partial charge on any atom is -0.325 e. The van der Waals surface area contributed by atoms with Crippen LogP contribution in [0.1, 0.15) is 25.3 Å². The highest BCUT2D eigenvalue weighted by Gasteiger charge is 2.17. The van der Waals surface area contributed by atoms with Gasteiger partial charge in [0, 0.05) is 12.2 Å². The number of aromatic nitrogens is 4. The first-order chi connectivity index (χ1) is 15.0. The first-order valence-corrected chi connectivity index (χ1v) is 11.0. The lowest BCUT2D eigenvalue weighted by molar-refractivity contribution is -0.113. The van der Waals surface area contributed by atoms with Gasteiger partial charge in [-0.2, -0.15) is 0 Å². The van der Waals surface area contributed by atoms with E-state index in [0.29, 0.717) is 34.3 Å². The van der Waals surface area contributed by atoms with Crippen LogP contribution in [-0.2, 0) is 11.3 Å². The Labute approximate surface area is 183 Å². The molecule has 4 aromatic rings. The maximum absolute atomic E-state index is 12.9. The summed E-state index contributed by atoms with van der Waals surface area (Å²) in [5.41, 5.74) is 2.48. The molecular weight excluding hydrogens is 410 g/mol. The lowest BCUT2D eigenvalue weighted by Crippen LogP contribution is -2.22. The van der Waals surface area contributed by atoms with Crippen LogP contribution >= 0.6 is 11.8 Å². The summed E-state index contributed by atoms with van der Waals surface area (Å²) in [4.78, 5) is 25.5. The Morgan fingerprint density at radius 2 is 1.90 bits per heavy atom. The standard InChI is InChI=1S/C23H23N5O2S/c1-4-13-27-21(30)17-10-6-8-12-19(17)28-22(27)25-26-23(28)31-14-20(29)24-18-11-7-5-9-16(18)15(2)3/h4-12,15H,1,13-14H2,2-3H3,(H,24,29). The molecule has 2 aromatic carbocycles. The topological polar surface area (TPSA) is 81.3 Å². The smallest absolute Gasteiger partial charge is 0.263 e. The average Bonchev–Trinajstić information content (AvgIpc) is 3.19. The summed E-state index contributed by atoms with van der Waals surface area (Å²) >= 11 is 1.28. The summed E-state index contributed by atoms with van der Waals surface area (Å²) in [5, 5.41) is 12.6. The van der Waals surface area contributed by atoms with Crippen molar-refractivity contribution in [2.75, 3.05) is 11.1 Å².